The Bertz CT molecular complexity index is 1640. The maximum Gasteiger partial charge on any atom is 0.326 e. The van der Waals surface area contributed by atoms with E-state index in [9.17, 15) is 4.79 Å². The molecule has 2 saturated carbocycles. The molecule has 0 heterocycles. The van der Waals surface area contributed by atoms with Gasteiger partial charge in [0.25, 0.3) is 0 Å². The second kappa shape index (κ2) is 22.5. The second-order valence-corrected chi connectivity index (χ2v) is 13.6. The van der Waals surface area contributed by atoms with Crippen molar-refractivity contribution in [1.82, 2.24) is 0 Å². The standard InChI is InChI=1S/C29H34N2O5.C15H23NO3/c1-33-28(34-2)20-31(24-14-18-27(19-15-24)36-26-10-6-7-11-26)29(32)30-23-12-16-25(17-13-23)35-21-22-8-4-3-5-9-22;1-17-15(18-2)11-16-12-7-9-14(10-8-12)19-13-5-3-4-6-13/h3-5,8-9,12-19,26,28H,6-7,10-11,20-21H2,1-2H3,(H,30,32);7-10,13,15-16H,3-6,11H2,1-2H3. The van der Waals surface area contributed by atoms with Gasteiger partial charge in [-0.1, -0.05) is 30.3 Å². The van der Waals surface area contributed by atoms with E-state index in [2.05, 4.69) is 10.6 Å². The van der Waals surface area contributed by atoms with Crippen molar-refractivity contribution in [1.29, 1.82) is 0 Å². The van der Waals surface area contributed by atoms with E-state index in [1.807, 2.05) is 103 Å². The van der Waals surface area contributed by atoms with E-state index in [-0.39, 0.29) is 25.0 Å². The molecule has 4 aromatic carbocycles. The minimum absolute atomic E-state index is 0.222. The largest absolute Gasteiger partial charge is 0.490 e. The molecule has 11 nitrogen and oxygen atoms in total. The van der Waals surface area contributed by atoms with E-state index >= 15 is 0 Å². The fourth-order valence-corrected chi connectivity index (χ4v) is 6.48. The Balaban J connectivity index is 0.000000256. The number of nitrogens with zero attached hydrogens (tertiary/aromatic N) is 1. The van der Waals surface area contributed by atoms with Crippen LogP contribution in [-0.2, 0) is 25.6 Å². The van der Waals surface area contributed by atoms with Crippen LogP contribution in [0.25, 0.3) is 0 Å². The number of amides is 2. The molecule has 0 bridgehead atoms. The van der Waals surface area contributed by atoms with E-state index in [1.54, 1.807) is 33.3 Å². The third-order valence-electron chi connectivity index (χ3n) is 9.67. The van der Waals surface area contributed by atoms with E-state index in [4.69, 9.17) is 33.2 Å². The van der Waals surface area contributed by atoms with Crippen molar-refractivity contribution in [3.8, 4) is 17.2 Å². The Hall–Kier alpha value is -4.81. The molecule has 296 valence electrons. The quantitative estimate of drug-likeness (QED) is 0.0961. The molecular formula is C44H57N3O8. The number of benzene rings is 4. The van der Waals surface area contributed by atoms with Gasteiger partial charge in [-0.2, -0.15) is 0 Å². The lowest BCUT2D eigenvalue weighted by Gasteiger charge is -2.27. The highest BCUT2D eigenvalue weighted by atomic mass is 16.7. The lowest BCUT2D eigenvalue weighted by Crippen LogP contribution is -2.41. The summed E-state index contributed by atoms with van der Waals surface area (Å²) in [7, 11) is 6.37. The Labute approximate surface area is 326 Å². The Morgan fingerprint density at radius 3 is 1.64 bits per heavy atom. The molecule has 0 aliphatic heterocycles. The first-order valence-electron chi connectivity index (χ1n) is 19.2. The van der Waals surface area contributed by atoms with Crippen molar-refractivity contribution in [2.24, 2.45) is 0 Å². The van der Waals surface area contributed by atoms with E-state index in [0.29, 0.717) is 30.6 Å². The summed E-state index contributed by atoms with van der Waals surface area (Å²) < 4.78 is 38.8. The molecule has 0 radical (unpaired) electrons. The van der Waals surface area contributed by atoms with E-state index in [0.717, 1.165) is 41.3 Å². The Morgan fingerprint density at radius 2 is 1.11 bits per heavy atom. The first kappa shape index (κ1) is 41.4. The number of urea groups is 1. The Morgan fingerprint density at radius 1 is 0.618 bits per heavy atom. The molecule has 55 heavy (non-hydrogen) atoms. The summed E-state index contributed by atoms with van der Waals surface area (Å²) in [6.07, 6.45) is 9.45. The van der Waals surface area contributed by atoms with Crippen LogP contribution in [0.15, 0.2) is 103 Å². The van der Waals surface area contributed by atoms with Gasteiger partial charge in [0.1, 0.15) is 23.9 Å². The highest BCUT2D eigenvalue weighted by molar-refractivity contribution is 6.01. The van der Waals surface area contributed by atoms with Gasteiger partial charge in [0.2, 0.25) is 0 Å². The van der Waals surface area contributed by atoms with Crippen LogP contribution in [0.4, 0.5) is 21.9 Å². The first-order chi connectivity index (χ1) is 27.0. The minimum Gasteiger partial charge on any atom is -0.490 e. The number of ether oxygens (including phenoxy) is 7. The van der Waals surface area contributed by atoms with Gasteiger partial charge in [0.05, 0.1) is 25.3 Å². The lowest BCUT2D eigenvalue weighted by atomic mass is 10.2. The summed E-state index contributed by atoms with van der Waals surface area (Å²) in [5, 5.41) is 6.22. The molecule has 0 spiro atoms. The number of hydrogen-bond donors (Lipinski definition) is 2. The highest BCUT2D eigenvalue weighted by Crippen LogP contribution is 2.28. The molecule has 6 rings (SSSR count). The highest BCUT2D eigenvalue weighted by Gasteiger charge is 2.22. The van der Waals surface area contributed by atoms with Crippen molar-refractivity contribution < 1.29 is 38.0 Å². The number of hydrogen-bond acceptors (Lipinski definition) is 9. The van der Waals surface area contributed by atoms with Crippen LogP contribution in [0.5, 0.6) is 17.2 Å². The van der Waals surface area contributed by atoms with Gasteiger partial charge < -0.3 is 43.8 Å². The van der Waals surface area contributed by atoms with Crippen LogP contribution in [0.1, 0.15) is 56.9 Å². The zero-order valence-electron chi connectivity index (χ0n) is 32.6. The molecule has 4 aromatic rings. The number of nitrogens with one attached hydrogen (secondary N) is 2. The minimum atomic E-state index is -0.570. The van der Waals surface area contributed by atoms with Crippen LogP contribution in [-0.4, -0.2) is 72.3 Å². The summed E-state index contributed by atoms with van der Waals surface area (Å²) in [6, 6.07) is 32.6. The van der Waals surface area contributed by atoms with Crippen LogP contribution >= 0.6 is 0 Å². The molecular weight excluding hydrogens is 698 g/mol. The summed E-state index contributed by atoms with van der Waals surface area (Å²) in [6.45, 7) is 1.33. The smallest absolute Gasteiger partial charge is 0.326 e. The molecule has 0 aromatic heterocycles. The van der Waals surface area contributed by atoms with Gasteiger partial charge in [0.15, 0.2) is 12.6 Å². The number of carbonyl (C=O) groups excluding carboxylic acids is 1. The third-order valence-corrected chi connectivity index (χ3v) is 9.67. The third kappa shape index (κ3) is 13.8. The molecule has 2 aliphatic rings. The van der Waals surface area contributed by atoms with Gasteiger partial charge >= 0.3 is 6.03 Å². The molecule has 2 N–H and O–H groups in total. The SMILES string of the molecule is COC(CN(C(=O)Nc1ccc(OCc2ccccc2)cc1)c1ccc(OC2CCCC2)cc1)OC.COC(CNc1ccc(OC2CCCC2)cc1)OC. The summed E-state index contributed by atoms with van der Waals surface area (Å²) in [5.41, 5.74) is 3.51. The maximum absolute atomic E-state index is 13.3. The van der Waals surface area contributed by atoms with Crippen LogP contribution in [0.3, 0.4) is 0 Å². The molecule has 0 atom stereocenters. The molecule has 11 heteroatoms. The van der Waals surface area contributed by atoms with Gasteiger partial charge in [0, 0.05) is 45.5 Å². The average Bonchev–Trinajstić information content (AvgIpc) is 3.95. The second-order valence-electron chi connectivity index (χ2n) is 13.6. The van der Waals surface area contributed by atoms with Crippen LogP contribution in [0, 0.1) is 0 Å². The van der Waals surface area contributed by atoms with Crippen molar-refractivity contribution in [2.75, 3.05) is 57.1 Å². The van der Waals surface area contributed by atoms with Gasteiger partial charge in [-0.05, 0) is 130 Å². The molecule has 2 fully saturated rings. The van der Waals surface area contributed by atoms with E-state index in [1.165, 1.54) is 38.5 Å². The maximum atomic E-state index is 13.3. The van der Waals surface area contributed by atoms with Crippen molar-refractivity contribution in [2.45, 2.75) is 82.8 Å². The number of carbonyl (C=O) groups is 1. The van der Waals surface area contributed by atoms with Gasteiger partial charge in [-0.25, -0.2) is 4.79 Å². The predicted octanol–water partition coefficient (Wildman–Crippen LogP) is 9.28. The first-order valence-corrected chi connectivity index (χ1v) is 19.2. The van der Waals surface area contributed by atoms with Crippen molar-refractivity contribution in [3.05, 3.63) is 109 Å². The number of anilines is 3. The summed E-state index contributed by atoms with van der Waals surface area (Å²) in [5.74, 6) is 2.49. The van der Waals surface area contributed by atoms with Gasteiger partial charge in [-0.3, -0.25) is 4.90 Å². The fraction of sp³-hybridized carbons (Fsp3) is 0.432. The zero-order chi connectivity index (χ0) is 38.7. The van der Waals surface area contributed by atoms with E-state index < -0.39 is 6.29 Å². The van der Waals surface area contributed by atoms with Gasteiger partial charge in [-0.15, -0.1) is 0 Å². The summed E-state index contributed by atoms with van der Waals surface area (Å²) >= 11 is 0. The monoisotopic (exact) mass is 755 g/mol. The van der Waals surface area contributed by atoms with Crippen LogP contribution < -0.4 is 29.7 Å². The number of rotatable bonds is 18. The number of methoxy groups -OCH3 is 4. The van der Waals surface area contributed by atoms with Crippen molar-refractivity contribution >= 4 is 23.1 Å². The lowest BCUT2D eigenvalue weighted by molar-refractivity contribution is -0.0939. The fourth-order valence-electron chi connectivity index (χ4n) is 6.48. The molecule has 0 unspecified atom stereocenters. The topological polar surface area (TPSA) is 109 Å². The Kier molecular flexibility index (Phi) is 16.9. The van der Waals surface area contributed by atoms with Crippen LogP contribution in [0.2, 0.25) is 0 Å². The normalized spacial score (nSPS) is 14.4. The predicted molar refractivity (Wildman–Crippen MR) is 216 cm³/mol. The molecule has 2 aliphatic carbocycles. The zero-order valence-corrected chi connectivity index (χ0v) is 32.6. The summed E-state index contributed by atoms with van der Waals surface area (Å²) in [4.78, 5) is 14.9. The molecule has 0 saturated heterocycles. The molecule has 2 amide bonds. The van der Waals surface area contributed by atoms with Crippen molar-refractivity contribution in [3.63, 3.8) is 0 Å². The average molecular weight is 756 g/mol.